The fraction of sp³-hybridized carbons (Fsp3) is 0.440. The molecule has 2 aromatic heterocycles. The lowest BCUT2D eigenvalue weighted by Crippen LogP contribution is -2.48. The summed E-state index contributed by atoms with van der Waals surface area (Å²) in [5, 5.41) is 6.98. The molecule has 0 spiro atoms. The van der Waals surface area contributed by atoms with Crippen molar-refractivity contribution in [1.29, 1.82) is 0 Å². The minimum atomic E-state index is -0.178. The third-order valence-electron chi connectivity index (χ3n) is 5.96. The summed E-state index contributed by atoms with van der Waals surface area (Å²) in [6.45, 7) is 8.63. The summed E-state index contributed by atoms with van der Waals surface area (Å²) in [6.07, 6.45) is 7.08. The molecule has 1 saturated heterocycles. The molecule has 0 amide bonds. The summed E-state index contributed by atoms with van der Waals surface area (Å²) < 4.78 is 15.2. The van der Waals surface area contributed by atoms with E-state index in [0.29, 0.717) is 12.6 Å². The number of pyridine rings is 1. The number of halogens is 1. The summed E-state index contributed by atoms with van der Waals surface area (Å²) in [6, 6.07) is 11.4. The molecular formula is C25H33FN6. The average Bonchev–Trinajstić information content (AvgIpc) is 3.21. The van der Waals surface area contributed by atoms with Crippen molar-refractivity contribution in [2.75, 3.05) is 26.2 Å². The zero-order chi connectivity index (χ0) is 22.3. The zero-order valence-electron chi connectivity index (χ0n) is 19.0. The molecule has 0 radical (unpaired) electrons. The van der Waals surface area contributed by atoms with E-state index >= 15 is 0 Å². The Morgan fingerprint density at radius 1 is 1.19 bits per heavy atom. The molecule has 0 saturated carbocycles. The van der Waals surface area contributed by atoms with Crippen LogP contribution in [0.1, 0.15) is 36.6 Å². The van der Waals surface area contributed by atoms with Crippen LogP contribution in [0.2, 0.25) is 0 Å². The van der Waals surface area contributed by atoms with Crippen molar-refractivity contribution in [3.63, 3.8) is 0 Å². The molecule has 170 valence electrons. The molecule has 0 atom stereocenters. The number of aliphatic imine (C=N–C) groups is 1. The number of piperidine rings is 1. The molecule has 0 unspecified atom stereocenters. The van der Waals surface area contributed by atoms with E-state index in [-0.39, 0.29) is 5.82 Å². The molecule has 1 aliphatic heterocycles. The minimum Gasteiger partial charge on any atom is -0.357 e. The van der Waals surface area contributed by atoms with Crippen LogP contribution in [-0.4, -0.2) is 52.5 Å². The highest BCUT2D eigenvalue weighted by Gasteiger charge is 2.20. The van der Waals surface area contributed by atoms with Crippen molar-refractivity contribution in [2.45, 2.75) is 45.7 Å². The highest BCUT2D eigenvalue weighted by atomic mass is 19.1. The van der Waals surface area contributed by atoms with Gasteiger partial charge in [-0.2, -0.15) is 0 Å². The molecule has 0 bridgehead atoms. The Balaban J connectivity index is 1.26. The molecule has 1 aromatic carbocycles. The van der Waals surface area contributed by atoms with Gasteiger partial charge in [0.15, 0.2) is 5.96 Å². The van der Waals surface area contributed by atoms with Gasteiger partial charge in [-0.05, 0) is 56.0 Å². The molecule has 3 aromatic rings. The van der Waals surface area contributed by atoms with Crippen LogP contribution in [-0.2, 0) is 13.0 Å². The third kappa shape index (κ3) is 5.85. The van der Waals surface area contributed by atoms with Crippen LogP contribution >= 0.6 is 0 Å². The number of nitrogens with zero attached hydrogens (tertiary/aromatic N) is 4. The van der Waals surface area contributed by atoms with Crippen molar-refractivity contribution in [3.05, 3.63) is 71.4 Å². The Hall–Kier alpha value is -2.93. The molecule has 7 heteroatoms. The van der Waals surface area contributed by atoms with Crippen molar-refractivity contribution in [1.82, 2.24) is 24.9 Å². The number of likely N-dealkylation sites (tertiary alicyclic amines) is 1. The average molecular weight is 437 g/mol. The van der Waals surface area contributed by atoms with Gasteiger partial charge in [-0.3, -0.25) is 9.89 Å². The Morgan fingerprint density at radius 3 is 2.69 bits per heavy atom. The monoisotopic (exact) mass is 436 g/mol. The van der Waals surface area contributed by atoms with E-state index in [1.165, 1.54) is 17.7 Å². The van der Waals surface area contributed by atoms with Gasteiger partial charge in [0.2, 0.25) is 0 Å². The standard InChI is InChI=1S/C25H33FN6/c1-3-27-25(28-13-10-23-18-32-14-4-5-19(2)24(32)29-23)30-22-11-15-31(16-12-22)17-20-6-8-21(26)9-7-20/h4-9,14,18,22H,3,10-13,15-17H2,1-2H3,(H2,27,28,30). The van der Waals surface area contributed by atoms with Crippen LogP contribution in [0.15, 0.2) is 53.8 Å². The van der Waals surface area contributed by atoms with E-state index < -0.39 is 0 Å². The van der Waals surface area contributed by atoms with Gasteiger partial charge in [0, 0.05) is 57.6 Å². The molecule has 0 aliphatic carbocycles. The van der Waals surface area contributed by atoms with Gasteiger partial charge in [0.1, 0.15) is 11.5 Å². The summed E-state index contributed by atoms with van der Waals surface area (Å²) in [4.78, 5) is 12.0. The number of hydrogen-bond donors (Lipinski definition) is 2. The molecule has 32 heavy (non-hydrogen) atoms. The quantitative estimate of drug-likeness (QED) is 0.439. The van der Waals surface area contributed by atoms with Gasteiger partial charge in [-0.1, -0.05) is 18.2 Å². The van der Waals surface area contributed by atoms with Crippen LogP contribution in [0.4, 0.5) is 4.39 Å². The molecule has 1 aliphatic rings. The maximum Gasteiger partial charge on any atom is 0.191 e. The van der Waals surface area contributed by atoms with Crippen LogP contribution in [0.3, 0.4) is 0 Å². The van der Waals surface area contributed by atoms with Gasteiger partial charge >= 0.3 is 0 Å². The van der Waals surface area contributed by atoms with Crippen LogP contribution in [0.25, 0.3) is 5.65 Å². The lowest BCUT2D eigenvalue weighted by Gasteiger charge is -2.33. The second kappa shape index (κ2) is 10.6. The Morgan fingerprint density at radius 2 is 1.97 bits per heavy atom. The topological polar surface area (TPSA) is 57.0 Å². The number of imidazole rings is 1. The summed E-state index contributed by atoms with van der Waals surface area (Å²) >= 11 is 0. The number of nitrogens with one attached hydrogen (secondary N) is 2. The van der Waals surface area contributed by atoms with Crippen molar-refractivity contribution in [3.8, 4) is 0 Å². The number of rotatable bonds is 7. The van der Waals surface area contributed by atoms with E-state index in [1.54, 1.807) is 0 Å². The fourth-order valence-corrected chi connectivity index (χ4v) is 4.20. The fourth-order valence-electron chi connectivity index (χ4n) is 4.20. The molecule has 2 N–H and O–H groups in total. The van der Waals surface area contributed by atoms with E-state index in [9.17, 15) is 4.39 Å². The SMILES string of the molecule is CCNC(=NCCc1cn2cccc(C)c2n1)NC1CCN(Cc2ccc(F)cc2)CC1. The van der Waals surface area contributed by atoms with E-state index in [0.717, 1.165) is 68.3 Å². The van der Waals surface area contributed by atoms with Crippen LogP contribution in [0, 0.1) is 12.7 Å². The van der Waals surface area contributed by atoms with E-state index in [4.69, 9.17) is 9.98 Å². The molecule has 4 rings (SSSR count). The third-order valence-corrected chi connectivity index (χ3v) is 5.96. The molecular weight excluding hydrogens is 403 g/mol. The summed E-state index contributed by atoms with van der Waals surface area (Å²) in [5.74, 6) is 0.702. The lowest BCUT2D eigenvalue weighted by atomic mass is 10.0. The predicted octanol–water partition coefficient (Wildman–Crippen LogP) is 3.54. The van der Waals surface area contributed by atoms with Crippen molar-refractivity contribution >= 4 is 11.6 Å². The number of aryl methyl sites for hydroxylation is 1. The smallest absolute Gasteiger partial charge is 0.191 e. The van der Waals surface area contributed by atoms with Gasteiger partial charge in [0.05, 0.1) is 5.69 Å². The first-order valence-corrected chi connectivity index (χ1v) is 11.6. The predicted molar refractivity (Wildman–Crippen MR) is 127 cm³/mol. The molecule has 6 nitrogen and oxygen atoms in total. The maximum atomic E-state index is 13.1. The number of benzene rings is 1. The van der Waals surface area contributed by atoms with Gasteiger partial charge in [-0.15, -0.1) is 0 Å². The molecule has 1 fully saturated rings. The maximum absolute atomic E-state index is 13.1. The number of hydrogen-bond acceptors (Lipinski definition) is 3. The van der Waals surface area contributed by atoms with E-state index in [1.807, 2.05) is 24.4 Å². The van der Waals surface area contributed by atoms with Gasteiger partial charge in [-0.25, -0.2) is 9.37 Å². The first kappa shape index (κ1) is 22.3. The van der Waals surface area contributed by atoms with Gasteiger partial charge < -0.3 is 15.0 Å². The van der Waals surface area contributed by atoms with E-state index in [2.05, 4.69) is 46.0 Å². The van der Waals surface area contributed by atoms with Crippen molar-refractivity contribution in [2.24, 2.45) is 4.99 Å². The Bertz CT molecular complexity index is 1030. The highest BCUT2D eigenvalue weighted by Crippen LogP contribution is 2.15. The van der Waals surface area contributed by atoms with Crippen LogP contribution < -0.4 is 10.6 Å². The molecule has 3 heterocycles. The number of aromatic nitrogens is 2. The first-order valence-electron chi connectivity index (χ1n) is 11.6. The zero-order valence-corrected chi connectivity index (χ0v) is 19.0. The van der Waals surface area contributed by atoms with Crippen LogP contribution in [0.5, 0.6) is 0 Å². The summed E-state index contributed by atoms with van der Waals surface area (Å²) in [5.41, 5.74) is 4.43. The minimum absolute atomic E-state index is 0.178. The normalized spacial score (nSPS) is 15.9. The number of fused-ring (bicyclic) bond motifs is 1. The Kier molecular flexibility index (Phi) is 7.37. The summed E-state index contributed by atoms with van der Waals surface area (Å²) in [7, 11) is 0. The first-order chi connectivity index (χ1) is 15.6. The largest absolute Gasteiger partial charge is 0.357 e. The van der Waals surface area contributed by atoms with Crippen molar-refractivity contribution < 1.29 is 4.39 Å². The second-order valence-corrected chi connectivity index (χ2v) is 8.49. The van der Waals surface area contributed by atoms with Gasteiger partial charge in [0.25, 0.3) is 0 Å². The number of guanidine groups is 1. The lowest BCUT2D eigenvalue weighted by molar-refractivity contribution is 0.198. The Labute approximate surface area is 189 Å². The second-order valence-electron chi connectivity index (χ2n) is 8.49. The highest BCUT2D eigenvalue weighted by molar-refractivity contribution is 5.80.